The lowest BCUT2D eigenvalue weighted by Gasteiger charge is -2.26. The van der Waals surface area contributed by atoms with Crippen molar-refractivity contribution in [1.29, 1.82) is 0 Å². The molecule has 1 unspecified atom stereocenters. The second kappa shape index (κ2) is 12.1. The number of aliphatic hydroxyl groups is 1. The van der Waals surface area contributed by atoms with E-state index in [1.54, 1.807) is 25.3 Å². The maximum Gasteiger partial charge on any atom is 0.295 e. The van der Waals surface area contributed by atoms with Crippen molar-refractivity contribution in [3.8, 4) is 17.2 Å². The molecule has 0 aromatic heterocycles. The van der Waals surface area contributed by atoms with Gasteiger partial charge < -0.3 is 24.2 Å². The summed E-state index contributed by atoms with van der Waals surface area (Å²) in [6, 6.07) is 19.1. The van der Waals surface area contributed by atoms with Crippen molar-refractivity contribution in [1.82, 2.24) is 4.90 Å². The topological polar surface area (TPSA) is 85.3 Å². The summed E-state index contributed by atoms with van der Waals surface area (Å²) < 4.78 is 17.0. The van der Waals surface area contributed by atoms with Gasteiger partial charge in [0.15, 0.2) is 0 Å². The number of hydrogen-bond donors (Lipinski definition) is 1. The Morgan fingerprint density at radius 1 is 1.00 bits per heavy atom. The number of methoxy groups -OCH3 is 1. The van der Waals surface area contributed by atoms with Gasteiger partial charge in [-0.2, -0.15) is 0 Å². The Morgan fingerprint density at radius 3 is 2.44 bits per heavy atom. The lowest BCUT2D eigenvalue weighted by Crippen LogP contribution is -2.29. The van der Waals surface area contributed by atoms with E-state index in [2.05, 4.69) is 0 Å². The van der Waals surface area contributed by atoms with Crippen LogP contribution in [0.2, 0.25) is 0 Å². The van der Waals surface area contributed by atoms with Crippen molar-refractivity contribution in [2.75, 3.05) is 13.7 Å². The van der Waals surface area contributed by atoms with Crippen LogP contribution in [0.1, 0.15) is 55.5 Å². The van der Waals surface area contributed by atoms with Crippen LogP contribution in [0, 0.1) is 6.92 Å². The Balaban J connectivity index is 1.83. The summed E-state index contributed by atoms with van der Waals surface area (Å²) in [6.45, 7) is 8.50. The third-order valence-electron chi connectivity index (χ3n) is 6.48. The molecule has 3 aromatic rings. The maximum absolute atomic E-state index is 13.5. The molecule has 1 fully saturated rings. The largest absolute Gasteiger partial charge is 0.507 e. The summed E-state index contributed by atoms with van der Waals surface area (Å²) in [5, 5.41) is 11.5. The van der Waals surface area contributed by atoms with Gasteiger partial charge in [0, 0.05) is 12.1 Å². The van der Waals surface area contributed by atoms with Crippen molar-refractivity contribution in [2.45, 2.75) is 52.8 Å². The number of ketones is 1. The monoisotopic (exact) mass is 529 g/mol. The van der Waals surface area contributed by atoms with Gasteiger partial charge in [0.05, 0.1) is 31.4 Å². The van der Waals surface area contributed by atoms with E-state index in [-0.39, 0.29) is 24.0 Å². The molecule has 1 amide bonds. The molecule has 0 saturated carbocycles. The Hall–Kier alpha value is -4.26. The van der Waals surface area contributed by atoms with E-state index >= 15 is 0 Å². The van der Waals surface area contributed by atoms with E-state index in [1.165, 1.54) is 4.90 Å². The fourth-order valence-electron chi connectivity index (χ4n) is 4.71. The molecule has 0 radical (unpaired) electrons. The average Bonchev–Trinajstić information content (AvgIpc) is 3.16. The van der Waals surface area contributed by atoms with Gasteiger partial charge in [0.25, 0.3) is 11.7 Å². The molecule has 7 heteroatoms. The smallest absolute Gasteiger partial charge is 0.295 e. The molecule has 0 bridgehead atoms. The first-order chi connectivity index (χ1) is 18.7. The van der Waals surface area contributed by atoms with Crippen LogP contribution < -0.4 is 14.2 Å². The minimum atomic E-state index is -0.816. The highest BCUT2D eigenvalue weighted by atomic mass is 16.5. The molecule has 1 N–H and O–H groups in total. The van der Waals surface area contributed by atoms with E-state index < -0.39 is 17.7 Å². The number of nitrogens with zero attached hydrogens (tertiary/aromatic N) is 1. The molecule has 1 saturated heterocycles. The molecule has 0 aliphatic carbocycles. The Morgan fingerprint density at radius 2 is 1.74 bits per heavy atom. The van der Waals surface area contributed by atoms with E-state index in [1.807, 2.05) is 76.2 Å². The van der Waals surface area contributed by atoms with Crippen molar-refractivity contribution in [2.24, 2.45) is 0 Å². The molecule has 1 heterocycles. The molecular formula is C32H35NO6. The first kappa shape index (κ1) is 27.8. The zero-order valence-corrected chi connectivity index (χ0v) is 23.1. The molecule has 4 rings (SSSR count). The molecule has 7 nitrogen and oxygen atoms in total. The highest BCUT2D eigenvalue weighted by molar-refractivity contribution is 6.46. The lowest BCUT2D eigenvalue weighted by molar-refractivity contribution is -0.140. The highest BCUT2D eigenvalue weighted by Gasteiger charge is 2.46. The number of amides is 1. The number of rotatable bonds is 10. The third-order valence-corrected chi connectivity index (χ3v) is 6.48. The zero-order valence-electron chi connectivity index (χ0n) is 23.1. The average molecular weight is 530 g/mol. The van der Waals surface area contributed by atoms with E-state index in [0.29, 0.717) is 35.0 Å². The van der Waals surface area contributed by atoms with Crippen LogP contribution in [0.4, 0.5) is 0 Å². The van der Waals surface area contributed by atoms with Crippen molar-refractivity contribution in [3.63, 3.8) is 0 Å². The molecule has 1 aliphatic heterocycles. The summed E-state index contributed by atoms with van der Waals surface area (Å²) in [5.41, 5.74) is 2.75. The normalized spacial score (nSPS) is 16.6. The second-order valence-electron chi connectivity index (χ2n) is 9.85. The van der Waals surface area contributed by atoms with Crippen LogP contribution in [0.5, 0.6) is 17.2 Å². The lowest BCUT2D eigenvalue weighted by atomic mass is 9.94. The number of Topliss-reactive ketones (excluding diaryl/α,β-unsaturated/α-hetero) is 1. The SMILES string of the molecule is CCCOc1ccc(/C(O)=C2\C(=O)C(=O)N(Cc3cccc(OC)c3)C2c2cccc(OC(C)C)c2)cc1C. The first-order valence-electron chi connectivity index (χ1n) is 13.1. The number of ether oxygens (including phenoxy) is 3. The number of carbonyl (C=O) groups is 2. The van der Waals surface area contributed by atoms with Gasteiger partial charge in [-0.1, -0.05) is 31.2 Å². The Labute approximate surface area is 229 Å². The molecule has 3 aromatic carbocycles. The number of likely N-dealkylation sites (tertiary alicyclic amines) is 1. The number of carbonyl (C=O) groups excluding carboxylic acids is 2. The fourth-order valence-corrected chi connectivity index (χ4v) is 4.71. The summed E-state index contributed by atoms with van der Waals surface area (Å²) >= 11 is 0. The van der Waals surface area contributed by atoms with Crippen molar-refractivity contribution in [3.05, 3.63) is 94.6 Å². The molecule has 1 aliphatic rings. The van der Waals surface area contributed by atoms with Crippen molar-refractivity contribution >= 4 is 17.4 Å². The predicted octanol–water partition coefficient (Wildman–Crippen LogP) is 6.20. The fraction of sp³-hybridized carbons (Fsp3) is 0.312. The van der Waals surface area contributed by atoms with Gasteiger partial charge in [0.1, 0.15) is 23.0 Å². The summed E-state index contributed by atoms with van der Waals surface area (Å²) in [5.74, 6) is 0.323. The summed E-state index contributed by atoms with van der Waals surface area (Å²) in [6.07, 6.45) is 0.817. The predicted molar refractivity (Wildman–Crippen MR) is 150 cm³/mol. The number of benzene rings is 3. The summed E-state index contributed by atoms with van der Waals surface area (Å²) in [7, 11) is 1.58. The van der Waals surface area contributed by atoms with Crippen LogP contribution in [-0.4, -0.2) is 41.5 Å². The first-order valence-corrected chi connectivity index (χ1v) is 13.1. The van der Waals surface area contributed by atoms with E-state index in [4.69, 9.17) is 14.2 Å². The molecule has 204 valence electrons. The van der Waals surface area contributed by atoms with Gasteiger partial charge in [-0.05, 0) is 86.3 Å². The molecule has 0 spiro atoms. The summed E-state index contributed by atoms with van der Waals surface area (Å²) in [4.78, 5) is 28.4. The van der Waals surface area contributed by atoms with Gasteiger partial charge in [-0.15, -0.1) is 0 Å². The molecule has 1 atom stereocenters. The van der Waals surface area contributed by atoms with Crippen molar-refractivity contribution < 1.29 is 28.9 Å². The van der Waals surface area contributed by atoms with Crippen LogP contribution in [-0.2, 0) is 16.1 Å². The van der Waals surface area contributed by atoms with Crippen LogP contribution in [0.15, 0.2) is 72.3 Å². The van der Waals surface area contributed by atoms with Gasteiger partial charge in [0.2, 0.25) is 0 Å². The van der Waals surface area contributed by atoms with Gasteiger partial charge in [-0.3, -0.25) is 9.59 Å². The molecule has 39 heavy (non-hydrogen) atoms. The minimum absolute atomic E-state index is 0.0335. The van der Waals surface area contributed by atoms with Gasteiger partial charge >= 0.3 is 0 Å². The maximum atomic E-state index is 13.5. The van der Waals surface area contributed by atoms with Gasteiger partial charge in [-0.25, -0.2) is 0 Å². The minimum Gasteiger partial charge on any atom is -0.507 e. The number of hydrogen-bond acceptors (Lipinski definition) is 6. The zero-order chi connectivity index (χ0) is 28.1. The van der Waals surface area contributed by atoms with E-state index in [0.717, 1.165) is 17.5 Å². The Bertz CT molecular complexity index is 1390. The highest BCUT2D eigenvalue weighted by Crippen LogP contribution is 2.41. The van der Waals surface area contributed by atoms with Crippen LogP contribution in [0.3, 0.4) is 0 Å². The van der Waals surface area contributed by atoms with Crippen LogP contribution >= 0.6 is 0 Å². The number of aliphatic hydroxyl groups excluding tert-OH is 1. The standard InChI is InChI=1S/C32H35NO6/c1-6-15-38-27-14-13-24(16-21(27)4)30(34)28-29(23-10-8-12-26(18-23)39-20(2)3)33(32(36)31(28)35)19-22-9-7-11-25(17-22)37-5/h7-14,16-18,20,29,34H,6,15,19H2,1-5H3/b30-28+. The Kier molecular flexibility index (Phi) is 8.59. The molecular weight excluding hydrogens is 494 g/mol. The van der Waals surface area contributed by atoms with Crippen LogP contribution in [0.25, 0.3) is 5.76 Å². The van der Waals surface area contributed by atoms with E-state index in [9.17, 15) is 14.7 Å². The third kappa shape index (κ3) is 6.08. The quantitative estimate of drug-likeness (QED) is 0.191. The second-order valence-corrected chi connectivity index (χ2v) is 9.85. The number of aryl methyl sites for hydroxylation is 1.